The van der Waals surface area contributed by atoms with Crippen molar-refractivity contribution >= 4 is 27.5 Å². The Balaban J connectivity index is 2.86. The van der Waals surface area contributed by atoms with Crippen LogP contribution in [-0.4, -0.2) is 26.0 Å². The average molecular weight is 292 g/mol. The molecule has 0 aliphatic rings. The first-order valence-corrected chi connectivity index (χ1v) is 8.15. The van der Waals surface area contributed by atoms with Crippen LogP contribution in [0.5, 0.6) is 0 Å². The van der Waals surface area contributed by atoms with E-state index in [2.05, 4.69) is 4.72 Å². The van der Waals surface area contributed by atoms with Crippen molar-refractivity contribution in [2.24, 2.45) is 0 Å². The highest BCUT2D eigenvalue weighted by molar-refractivity contribution is 7.99. The molecule has 3 N–H and O–H groups in total. The van der Waals surface area contributed by atoms with Gasteiger partial charge >= 0.3 is 0 Å². The number of rotatable bonds is 6. The molecule has 0 bridgehead atoms. The maximum Gasteiger partial charge on any atom is 0.242 e. The number of nitrogen functional groups attached to an aromatic ring is 1. The van der Waals surface area contributed by atoms with E-state index in [1.54, 1.807) is 18.7 Å². The van der Waals surface area contributed by atoms with E-state index in [1.807, 2.05) is 6.92 Å². The van der Waals surface area contributed by atoms with Gasteiger partial charge < -0.3 is 5.73 Å². The summed E-state index contributed by atoms with van der Waals surface area (Å²) in [6, 6.07) is 3.05. The minimum Gasteiger partial charge on any atom is -0.398 e. The van der Waals surface area contributed by atoms with Gasteiger partial charge in [-0.15, -0.1) is 0 Å². The van der Waals surface area contributed by atoms with Crippen LogP contribution in [0.1, 0.15) is 13.8 Å². The van der Waals surface area contributed by atoms with E-state index in [1.165, 1.54) is 6.07 Å². The number of sulfonamides is 1. The molecule has 1 unspecified atom stereocenters. The van der Waals surface area contributed by atoms with Crippen molar-refractivity contribution in [1.82, 2.24) is 4.72 Å². The Morgan fingerprint density at radius 2 is 2.17 bits per heavy atom. The first-order valence-electron chi connectivity index (χ1n) is 5.52. The van der Waals surface area contributed by atoms with Gasteiger partial charge in [0.25, 0.3) is 0 Å². The Labute approximate surface area is 111 Å². The van der Waals surface area contributed by atoms with Crippen LogP contribution in [0.4, 0.5) is 10.1 Å². The van der Waals surface area contributed by atoms with Gasteiger partial charge in [0.15, 0.2) is 0 Å². The lowest BCUT2D eigenvalue weighted by Gasteiger charge is -2.14. The summed E-state index contributed by atoms with van der Waals surface area (Å²) >= 11 is 1.64. The number of hydrogen-bond acceptors (Lipinski definition) is 4. The second-order valence-corrected chi connectivity index (χ2v) is 6.87. The molecule has 18 heavy (non-hydrogen) atoms. The van der Waals surface area contributed by atoms with Gasteiger partial charge in [-0.2, -0.15) is 11.8 Å². The van der Waals surface area contributed by atoms with Crippen molar-refractivity contribution in [2.45, 2.75) is 24.8 Å². The molecular weight excluding hydrogens is 275 g/mol. The Kier molecular flexibility index (Phi) is 5.43. The molecule has 0 saturated carbocycles. The van der Waals surface area contributed by atoms with Gasteiger partial charge in [-0.05, 0) is 30.9 Å². The van der Waals surface area contributed by atoms with Gasteiger partial charge in [-0.1, -0.05) is 6.92 Å². The fourth-order valence-electron chi connectivity index (χ4n) is 1.42. The topological polar surface area (TPSA) is 72.2 Å². The second kappa shape index (κ2) is 6.40. The van der Waals surface area contributed by atoms with E-state index in [0.29, 0.717) is 5.75 Å². The highest BCUT2D eigenvalue weighted by Crippen LogP contribution is 2.19. The van der Waals surface area contributed by atoms with Gasteiger partial charge in [-0.3, -0.25) is 0 Å². The van der Waals surface area contributed by atoms with E-state index in [4.69, 9.17) is 5.73 Å². The number of halogens is 1. The number of thioether (sulfide) groups is 1. The van der Waals surface area contributed by atoms with Crippen LogP contribution < -0.4 is 10.5 Å². The first-order chi connectivity index (χ1) is 8.36. The van der Waals surface area contributed by atoms with Crippen LogP contribution in [0.3, 0.4) is 0 Å². The predicted molar refractivity (Wildman–Crippen MR) is 73.6 cm³/mol. The highest BCUT2D eigenvalue weighted by atomic mass is 32.2. The maximum atomic E-state index is 12.9. The summed E-state index contributed by atoms with van der Waals surface area (Å²) in [7, 11) is -3.69. The number of benzene rings is 1. The lowest BCUT2D eigenvalue weighted by molar-refractivity contribution is 0.571. The van der Waals surface area contributed by atoms with E-state index < -0.39 is 15.8 Å². The van der Waals surface area contributed by atoms with Crippen LogP contribution in [0.25, 0.3) is 0 Å². The Morgan fingerprint density at radius 1 is 1.50 bits per heavy atom. The monoisotopic (exact) mass is 292 g/mol. The zero-order valence-electron chi connectivity index (χ0n) is 10.3. The van der Waals surface area contributed by atoms with Crippen molar-refractivity contribution < 1.29 is 12.8 Å². The normalized spacial score (nSPS) is 13.5. The summed E-state index contributed by atoms with van der Waals surface area (Å²) in [4.78, 5) is -0.0859. The molecular formula is C11H17FN2O2S2. The van der Waals surface area contributed by atoms with Crippen LogP contribution in [-0.2, 0) is 10.0 Å². The molecule has 0 saturated heterocycles. The third-order valence-corrected chi connectivity index (χ3v) is 5.00. The van der Waals surface area contributed by atoms with E-state index in [9.17, 15) is 12.8 Å². The molecule has 4 nitrogen and oxygen atoms in total. The average Bonchev–Trinajstić information content (AvgIpc) is 2.25. The lowest BCUT2D eigenvalue weighted by Crippen LogP contribution is -2.34. The molecule has 0 radical (unpaired) electrons. The fraction of sp³-hybridized carbons (Fsp3) is 0.455. The van der Waals surface area contributed by atoms with Crippen molar-refractivity contribution in [2.75, 3.05) is 17.2 Å². The standard InChI is InChI=1S/C11H17FN2O2S2/c1-3-17-7-8(2)14-18(15,16)11-5-4-9(12)6-10(11)13/h4-6,8,14H,3,7,13H2,1-2H3. The first kappa shape index (κ1) is 15.3. The number of hydrogen-bond donors (Lipinski definition) is 2. The van der Waals surface area contributed by atoms with Gasteiger partial charge in [-0.25, -0.2) is 17.5 Å². The summed E-state index contributed by atoms with van der Waals surface area (Å²) in [5, 5.41) is 0. The van der Waals surface area contributed by atoms with Gasteiger partial charge in [0.05, 0.1) is 5.69 Å². The van der Waals surface area contributed by atoms with Gasteiger partial charge in [0.2, 0.25) is 10.0 Å². The third kappa shape index (κ3) is 4.15. The van der Waals surface area contributed by atoms with Crippen molar-refractivity contribution in [3.05, 3.63) is 24.0 Å². The molecule has 7 heteroatoms. The minimum absolute atomic E-state index is 0.0853. The second-order valence-electron chi connectivity index (χ2n) is 3.86. The van der Waals surface area contributed by atoms with Crippen molar-refractivity contribution in [3.8, 4) is 0 Å². The van der Waals surface area contributed by atoms with Crippen LogP contribution in [0.2, 0.25) is 0 Å². The molecule has 0 spiro atoms. The van der Waals surface area contributed by atoms with Crippen LogP contribution in [0, 0.1) is 5.82 Å². The predicted octanol–water partition coefficient (Wildman–Crippen LogP) is 1.83. The summed E-state index contributed by atoms with van der Waals surface area (Å²) in [5.41, 5.74) is 5.43. The molecule has 0 fully saturated rings. The maximum absolute atomic E-state index is 12.9. The number of nitrogens with two attached hydrogens (primary N) is 1. The molecule has 102 valence electrons. The molecule has 1 aromatic carbocycles. The third-order valence-electron chi connectivity index (χ3n) is 2.19. The summed E-state index contributed by atoms with van der Waals surface area (Å²) in [6.07, 6.45) is 0. The molecule has 0 amide bonds. The van der Waals surface area contributed by atoms with Gasteiger partial charge in [0.1, 0.15) is 10.7 Å². The fourth-order valence-corrected chi connectivity index (χ4v) is 3.56. The van der Waals surface area contributed by atoms with Gasteiger partial charge in [0, 0.05) is 11.8 Å². The van der Waals surface area contributed by atoms with E-state index in [-0.39, 0.29) is 16.6 Å². The van der Waals surface area contributed by atoms with Crippen LogP contribution in [0.15, 0.2) is 23.1 Å². The molecule has 1 aromatic rings. The molecule has 0 aliphatic carbocycles. The lowest BCUT2D eigenvalue weighted by atomic mass is 10.3. The highest BCUT2D eigenvalue weighted by Gasteiger charge is 2.20. The minimum atomic E-state index is -3.69. The number of anilines is 1. The Morgan fingerprint density at radius 3 is 2.72 bits per heavy atom. The SMILES string of the molecule is CCSCC(C)NS(=O)(=O)c1ccc(F)cc1N. The Bertz CT molecular complexity index is 506. The molecule has 0 aliphatic heterocycles. The summed E-state index contributed by atoms with van der Waals surface area (Å²) in [6.45, 7) is 3.78. The van der Waals surface area contributed by atoms with E-state index >= 15 is 0 Å². The zero-order valence-corrected chi connectivity index (χ0v) is 11.9. The van der Waals surface area contributed by atoms with Crippen molar-refractivity contribution in [1.29, 1.82) is 0 Å². The summed E-state index contributed by atoms with van der Waals surface area (Å²) < 4.78 is 39.4. The smallest absolute Gasteiger partial charge is 0.242 e. The zero-order chi connectivity index (χ0) is 13.8. The number of nitrogens with one attached hydrogen (secondary N) is 1. The molecule has 0 heterocycles. The largest absolute Gasteiger partial charge is 0.398 e. The molecule has 1 rings (SSSR count). The molecule has 0 aromatic heterocycles. The quantitative estimate of drug-likeness (QED) is 0.785. The van der Waals surface area contributed by atoms with E-state index in [0.717, 1.165) is 17.9 Å². The molecule has 1 atom stereocenters. The van der Waals surface area contributed by atoms with Crippen LogP contribution >= 0.6 is 11.8 Å². The summed E-state index contributed by atoms with van der Waals surface area (Å²) in [5.74, 6) is 1.04. The van der Waals surface area contributed by atoms with Crippen molar-refractivity contribution in [3.63, 3.8) is 0 Å². The Hall–Kier alpha value is -0.790.